The van der Waals surface area contributed by atoms with Crippen LogP contribution in [0.4, 0.5) is 0 Å². The Kier molecular flexibility index (Phi) is 5.32. The summed E-state index contributed by atoms with van der Waals surface area (Å²) in [6.07, 6.45) is 0.747. The van der Waals surface area contributed by atoms with Gasteiger partial charge >= 0.3 is 5.97 Å². The normalized spacial score (nSPS) is 17.4. The van der Waals surface area contributed by atoms with Crippen LogP contribution in [0.2, 0.25) is 5.02 Å². The molecule has 1 aliphatic heterocycles. The number of rotatable bonds is 6. The second kappa shape index (κ2) is 7.47. The number of ether oxygens (including phenoxy) is 1. The number of aliphatic hydroxyl groups excluding tert-OH is 1. The predicted molar refractivity (Wildman–Crippen MR) is 91.6 cm³/mol. The first-order valence-corrected chi connectivity index (χ1v) is 8.47. The Bertz CT molecular complexity index is 719. The lowest BCUT2D eigenvalue weighted by atomic mass is 9.91. The number of hydrogen-bond donors (Lipinski definition) is 2. The van der Waals surface area contributed by atoms with Gasteiger partial charge in [-0.1, -0.05) is 11.6 Å². The van der Waals surface area contributed by atoms with Crippen LogP contribution in [-0.4, -0.2) is 39.8 Å². The number of nitrogens with zero attached hydrogens (tertiary/aromatic N) is 1. The molecule has 0 bridgehead atoms. The number of aliphatic carboxylic acids is 1. The van der Waals surface area contributed by atoms with Crippen molar-refractivity contribution in [3.05, 3.63) is 52.9 Å². The molecule has 2 N–H and O–H groups in total. The molecule has 0 radical (unpaired) electrons. The number of benzene rings is 1. The van der Waals surface area contributed by atoms with Crippen molar-refractivity contribution in [2.45, 2.75) is 31.6 Å². The molecule has 0 saturated carbocycles. The van der Waals surface area contributed by atoms with Crippen LogP contribution in [0.15, 0.2) is 40.8 Å². The van der Waals surface area contributed by atoms with Crippen molar-refractivity contribution < 1.29 is 24.2 Å². The van der Waals surface area contributed by atoms with Gasteiger partial charge < -0.3 is 19.4 Å². The van der Waals surface area contributed by atoms with Gasteiger partial charge in [-0.3, -0.25) is 4.90 Å². The number of piperidine rings is 1. The van der Waals surface area contributed by atoms with Crippen molar-refractivity contribution >= 4 is 17.6 Å². The van der Waals surface area contributed by atoms with E-state index in [4.69, 9.17) is 25.9 Å². The average molecular weight is 366 g/mol. The minimum Gasteiger partial charge on any atom is -0.478 e. The van der Waals surface area contributed by atoms with Crippen LogP contribution in [0.1, 0.15) is 24.4 Å². The highest BCUT2D eigenvalue weighted by Crippen LogP contribution is 2.30. The molecule has 1 aromatic heterocycles. The Labute approximate surface area is 150 Å². The van der Waals surface area contributed by atoms with Crippen LogP contribution in [0.3, 0.4) is 0 Å². The second-order valence-corrected chi connectivity index (χ2v) is 6.59. The van der Waals surface area contributed by atoms with Gasteiger partial charge in [-0.15, -0.1) is 0 Å². The lowest BCUT2D eigenvalue weighted by Crippen LogP contribution is -2.53. The fraction of sp³-hybridized carbons (Fsp3) is 0.389. The molecule has 25 heavy (non-hydrogen) atoms. The fourth-order valence-corrected chi connectivity index (χ4v) is 3.10. The number of carboxylic acids is 1. The molecule has 2 heterocycles. The van der Waals surface area contributed by atoms with E-state index in [0.717, 1.165) is 5.76 Å². The molecule has 1 saturated heterocycles. The molecule has 1 aliphatic rings. The van der Waals surface area contributed by atoms with Crippen molar-refractivity contribution in [3.8, 4) is 5.75 Å². The van der Waals surface area contributed by atoms with E-state index >= 15 is 0 Å². The molecule has 7 heteroatoms. The first kappa shape index (κ1) is 17.8. The smallest absolute Gasteiger partial charge is 0.348 e. The van der Waals surface area contributed by atoms with Crippen LogP contribution in [-0.2, 0) is 17.9 Å². The Morgan fingerprint density at radius 2 is 1.80 bits per heavy atom. The van der Waals surface area contributed by atoms with Gasteiger partial charge in [0.25, 0.3) is 0 Å². The molecule has 2 aromatic rings. The molecule has 0 aliphatic carbocycles. The van der Waals surface area contributed by atoms with E-state index in [1.54, 1.807) is 30.3 Å². The molecule has 0 amide bonds. The van der Waals surface area contributed by atoms with Gasteiger partial charge in [0.05, 0.1) is 6.54 Å². The Morgan fingerprint density at radius 1 is 1.16 bits per heavy atom. The van der Waals surface area contributed by atoms with Crippen LogP contribution >= 0.6 is 11.6 Å². The average Bonchev–Trinajstić information content (AvgIpc) is 3.06. The summed E-state index contributed by atoms with van der Waals surface area (Å²) in [5.74, 6) is 0.824. The summed E-state index contributed by atoms with van der Waals surface area (Å²) in [5.41, 5.74) is -1.23. The molecule has 0 spiro atoms. The summed E-state index contributed by atoms with van der Waals surface area (Å²) >= 11 is 5.86. The van der Waals surface area contributed by atoms with Crippen molar-refractivity contribution in [3.63, 3.8) is 0 Å². The summed E-state index contributed by atoms with van der Waals surface area (Å²) in [5, 5.41) is 19.3. The molecule has 6 nitrogen and oxygen atoms in total. The minimum atomic E-state index is -1.23. The maximum atomic E-state index is 11.8. The quantitative estimate of drug-likeness (QED) is 0.819. The van der Waals surface area contributed by atoms with Gasteiger partial charge in [0, 0.05) is 31.0 Å². The van der Waals surface area contributed by atoms with Gasteiger partial charge in [0.1, 0.15) is 23.9 Å². The van der Waals surface area contributed by atoms with Crippen molar-refractivity contribution in [1.82, 2.24) is 4.90 Å². The molecule has 0 atom stereocenters. The topological polar surface area (TPSA) is 83.1 Å². The monoisotopic (exact) mass is 365 g/mol. The number of furan rings is 1. The number of likely N-dealkylation sites (tertiary alicyclic amines) is 1. The largest absolute Gasteiger partial charge is 0.478 e. The van der Waals surface area contributed by atoms with E-state index in [9.17, 15) is 9.90 Å². The molecule has 0 unspecified atom stereocenters. The Morgan fingerprint density at radius 3 is 2.36 bits per heavy atom. The standard InChI is InChI=1S/C18H20ClNO5/c19-13-1-3-14(4-2-13)25-18(17(22)23)7-9-20(10-8-18)11-15-5-6-16(12-21)24-15/h1-6,21H,7-12H2,(H,22,23). The summed E-state index contributed by atoms with van der Waals surface area (Å²) in [7, 11) is 0. The first-order chi connectivity index (χ1) is 12.0. The number of halogens is 1. The van der Waals surface area contributed by atoms with E-state index in [1.165, 1.54) is 0 Å². The maximum Gasteiger partial charge on any atom is 0.348 e. The molecule has 134 valence electrons. The number of carboxylic acid groups (broad SMARTS) is 1. The zero-order valence-electron chi connectivity index (χ0n) is 13.7. The second-order valence-electron chi connectivity index (χ2n) is 6.16. The third kappa shape index (κ3) is 4.15. The fourth-order valence-electron chi connectivity index (χ4n) is 2.97. The van der Waals surface area contributed by atoms with Gasteiger partial charge in [-0.05, 0) is 36.4 Å². The number of carbonyl (C=O) groups is 1. The van der Waals surface area contributed by atoms with Gasteiger partial charge in [0.2, 0.25) is 5.60 Å². The molecular formula is C18H20ClNO5. The van der Waals surface area contributed by atoms with E-state index in [1.807, 2.05) is 6.07 Å². The first-order valence-electron chi connectivity index (χ1n) is 8.09. The summed E-state index contributed by atoms with van der Waals surface area (Å²) in [4.78, 5) is 14.0. The molecule has 1 aromatic carbocycles. The minimum absolute atomic E-state index is 0.128. The van der Waals surface area contributed by atoms with Crippen molar-refractivity contribution in [2.24, 2.45) is 0 Å². The van der Waals surface area contributed by atoms with Crippen molar-refractivity contribution in [1.29, 1.82) is 0 Å². The zero-order chi connectivity index (χ0) is 17.9. The Hall–Kier alpha value is -2.02. The SMILES string of the molecule is O=C(O)C1(Oc2ccc(Cl)cc2)CCN(Cc2ccc(CO)o2)CC1. The van der Waals surface area contributed by atoms with Crippen molar-refractivity contribution in [2.75, 3.05) is 13.1 Å². The van der Waals surface area contributed by atoms with Gasteiger partial charge in [0.15, 0.2) is 0 Å². The number of hydrogen-bond acceptors (Lipinski definition) is 5. The highest BCUT2D eigenvalue weighted by Gasteiger charge is 2.44. The highest BCUT2D eigenvalue weighted by molar-refractivity contribution is 6.30. The van der Waals surface area contributed by atoms with E-state index in [0.29, 0.717) is 49.0 Å². The molecule has 1 fully saturated rings. The molecule has 3 rings (SSSR count). The third-order valence-corrected chi connectivity index (χ3v) is 4.68. The van der Waals surface area contributed by atoms with E-state index in [-0.39, 0.29) is 6.61 Å². The summed E-state index contributed by atoms with van der Waals surface area (Å²) < 4.78 is 11.3. The lowest BCUT2D eigenvalue weighted by Gasteiger charge is -2.38. The Balaban J connectivity index is 1.63. The zero-order valence-corrected chi connectivity index (χ0v) is 14.4. The van der Waals surface area contributed by atoms with Gasteiger partial charge in [-0.25, -0.2) is 4.79 Å². The maximum absolute atomic E-state index is 11.8. The highest BCUT2D eigenvalue weighted by atomic mass is 35.5. The van der Waals surface area contributed by atoms with Crippen LogP contribution in [0, 0.1) is 0 Å². The summed E-state index contributed by atoms with van der Waals surface area (Å²) in [6.45, 7) is 1.61. The van der Waals surface area contributed by atoms with Crippen LogP contribution < -0.4 is 4.74 Å². The van der Waals surface area contributed by atoms with Gasteiger partial charge in [-0.2, -0.15) is 0 Å². The number of aliphatic hydroxyl groups is 1. The molecular weight excluding hydrogens is 346 g/mol. The van der Waals surface area contributed by atoms with E-state index < -0.39 is 11.6 Å². The summed E-state index contributed by atoms with van der Waals surface area (Å²) in [6, 6.07) is 10.3. The van der Waals surface area contributed by atoms with E-state index in [2.05, 4.69) is 4.90 Å². The van der Waals surface area contributed by atoms with Crippen LogP contribution in [0.25, 0.3) is 0 Å². The third-order valence-electron chi connectivity index (χ3n) is 4.43. The lowest BCUT2D eigenvalue weighted by molar-refractivity contribution is -0.160. The van der Waals surface area contributed by atoms with Crippen LogP contribution in [0.5, 0.6) is 5.75 Å². The predicted octanol–water partition coefficient (Wildman–Crippen LogP) is 2.92.